The van der Waals surface area contributed by atoms with Gasteiger partial charge >= 0.3 is 0 Å². The zero-order valence-corrected chi connectivity index (χ0v) is 21.7. The van der Waals surface area contributed by atoms with Crippen LogP contribution in [0.1, 0.15) is 12.8 Å². The number of nitrogens with zero attached hydrogens (tertiary/aromatic N) is 7. The topological polar surface area (TPSA) is 78.2 Å². The van der Waals surface area contributed by atoms with Gasteiger partial charge in [0.05, 0.1) is 23.0 Å². The molecule has 39 heavy (non-hydrogen) atoms. The molecule has 3 aliphatic rings. The summed E-state index contributed by atoms with van der Waals surface area (Å²) in [6, 6.07) is 22.5. The van der Waals surface area contributed by atoms with Gasteiger partial charge in [-0.25, -0.2) is 9.50 Å². The Morgan fingerprint density at radius 1 is 0.846 bits per heavy atom. The van der Waals surface area contributed by atoms with Crippen molar-refractivity contribution < 1.29 is 0 Å². The van der Waals surface area contributed by atoms with Gasteiger partial charge in [0.2, 0.25) is 0 Å². The van der Waals surface area contributed by atoms with E-state index in [0.29, 0.717) is 12.1 Å². The fraction of sp³-hybridized carbons (Fsp3) is 0.226. The van der Waals surface area contributed by atoms with Crippen molar-refractivity contribution in [2.45, 2.75) is 24.9 Å². The normalized spacial score (nSPS) is 19.4. The molecule has 0 spiro atoms. The van der Waals surface area contributed by atoms with Crippen LogP contribution in [-0.2, 0) is 0 Å². The molecule has 4 aromatic heterocycles. The average Bonchev–Trinajstić information content (AvgIpc) is 3.63. The summed E-state index contributed by atoms with van der Waals surface area (Å²) in [5, 5.41) is 13.6. The smallest absolute Gasteiger partial charge is 0.164 e. The molecule has 0 amide bonds. The van der Waals surface area contributed by atoms with Crippen LogP contribution < -0.4 is 4.90 Å². The van der Waals surface area contributed by atoms with Crippen LogP contribution in [0.5, 0.6) is 0 Å². The molecule has 192 valence electrons. The number of rotatable bonds is 4. The second-order valence-corrected chi connectivity index (χ2v) is 10.7. The number of hydrogen-bond acceptors (Lipinski definition) is 6. The molecule has 8 nitrogen and oxygen atoms in total. The third kappa shape index (κ3) is 3.55. The van der Waals surface area contributed by atoms with Crippen molar-refractivity contribution in [3.05, 3.63) is 85.5 Å². The van der Waals surface area contributed by atoms with Crippen LogP contribution >= 0.6 is 0 Å². The first-order chi connectivity index (χ1) is 19.2. The molecule has 0 aliphatic carbocycles. The Kier molecular flexibility index (Phi) is 5.03. The first-order valence-electron chi connectivity index (χ1n) is 13.5. The van der Waals surface area contributed by atoms with Gasteiger partial charge in [0.25, 0.3) is 0 Å². The highest BCUT2D eigenvalue weighted by Crippen LogP contribution is 2.39. The van der Waals surface area contributed by atoms with E-state index in [2.05, 4.69) is 62.4 Å². The van der Waals surface area contributed by atoms with Crippen LogP contribution in [0.15, 0.2) is 85.5 Å². The van der Waals surface area contributed by atoms with Crippen LogP contribution in [0.4, 0.5) is 5.69 Å². The Balaban J connectivity index is 1.27. The highest BCUT2D eigenvalue weighted by atomic mass is 15.3. The first kappa shape index (κ1) is 22.4. The van der Waals surface area contributed by atoms with E-state index in [1.54, 1.807) is 12.4 Å². The van der Waals surface area contributed by atoms with Gasteiger partial charge in [-0.3, -0.25) is 15.0 Å². The number of aromatic nitrogens is 6. The molecule has 3 aliphatic heterocycles. The molecule has 0 saturated carbocycles. The molecular formula is C31H28N8. The van der Waals surface area contributed by atoms with Crippen molar-refractivity contribution in [3.8, 4) is 33.6 Å². The molecule has 1 N–H and O–H groups in total. The largest absolute Gasteiger partial charge is 0.366 e. The molecule has 9 rings (SSSR count). The standard InChI is InChI=1S/C31H28N8/c1-37-18-24-10-9-23(37)19-38(24)22-7-5-20(6-8-22)28-13-16-33-31-29(25-3-2-4-27-26(25)17-34-35-27)30(36-39(28)31)21-11-14-32-15-12-21/h2-8,11-17,23-24H,9-10,18-19H2,1H3,(H,34,35)/t23-,24+/m1/s1. The number of pyridine rings is 1. The maximum atomic E-state index is 5.16. The molecule has 2 aromatic carbocycles. The van der Waals surface area contributed by atoms with Crippen LogP contribution in [0.3, 0.4) is 0 Å². The number of benzene rings is 2. The van der Waals surface area contributed by atoms with E-state index >= 15 is 0 Å². The van der Waals surface area contributed by atoms with Gasteiger partial charge in [0.1, 0.15) is 5.69 Å². The molecule has 0 radical (unpaired) electrons. The lowest BCUT2D eigenvalue weighted by atomic mass is 9.91. The number of hydrogen-bond donors (Lipinski definition) is 1. The van der Waals surface area contributed by atoms with Crippen LogP contribution in [0.2, 0.25) is 0 Å². The lowest BCUT2D eigenvalue weighted by Gasteiger charge is -2.51. The highest BCUT2D eigenvalue weighted by Gasteiger charge is 2.37. The Morgan fingerprint density at radius 3 is 2.49 bits per heavy atom. The fourth-order valence-electron chi connectivity index (χ4n) is 6.49. The van der Waals surface area contributed by atoms with Crippen molar-refractivity contribution in [1.29, 1.82) is 0 Å². The summed E-state index contributed by atoms with van der Waals surface area (Å²) < 4.78 is 1.98. The zero-order chi connectivity index (χ0) is 25.9. The van der Waals surface area contributed by atoms with Crippen molar-refractivity contribution in [2.24, 2.45) is 0 Å². The number of fused-ring (bicyclic) bond motifs is 5. The summed E-state index contributed by atoms with van der Waals surface area (Å²) in [6.45, 7) is 2.26. The van der Waals surface area contributed by atoms with Gasteiger partial charge in [-0.15, -0.1) is 0 Å². The van der Waals surface area contributed by atoms with Gasteiger partial charge in [-0.2, -0.15) is 10.2 Å². The molecule has 2 bridgehead atoms. The van der Waals surface area contributed by atoms with E-state index in [1.807, 2.05) is 47.2 Å². The monoisotopic (exact) mass is 512 g/mol. The molecule has 2 atom stereocenters. The van der Waals surface area contributed by atoms with Gasteiger partial charge in [0, 0.05) is 66.0 Å². The Morgan fingerprint density at radius 2 is 1.69 bits per heavy atom. The van der Waals surface area contributed by atoms with E-state index in [-0.39, 0.29) is 0 Å². The molecule has 3 saturated heterocycles. The molecular weight excluding hydrogens is 484 g/mol. The summed E-state index contributed by atoms with van der Waals surface area (Å²) >= 11 is 0. The summed E-state index contributed by atoms with van der Waals surface area (Å²) in [4.78, 5) is 14.2. The third-order valence-corrected chi connectivity index (χ3v) is 8.52. The van der Waals surface area contributed by atoms with Crippen molar-refractivity contribution in [2.75, 3.05) is 25.0 Å². The summed E-state index contributed by atoms with van der Waals surface area (Å²) in [6.07, 6.45) is 9.95. The molecule has 8 heteroatoms. The minimum Gasteiger partial charge on any atom is -0.366 e. The van der Waals surface area contributed by atoms with Crippen LogP contribution in [0, 0.1) is 0 Å². The zero-order valence-electron chi connectivity index (χ0n) is 21.7. The van der Waals surface area contributed by atoms with Gasteiger partial charge in [-0.05, 0) is 61.9 Å². The van der Waals surface area contributed by atoms with E-state index < -0.39 is 0 Å². The number of likely N-dealkylation sites (N-methyl/N-ethyl adjacent to an activating group) is 1. The van der Waals surface area contributed by atoms with Crippen molar-refractivity contribution >= 4 is 22.2 Å². The van der Waals surface area contributed by atoms with Crippen molar-refractivity contribution in [3.63, 3.8) is 0 Å². The third-order valence-electron chi connectivity index (χ3n) is 8.52. The molecule has 3 fully saturated rings. The lowest BCUT2D eigenvalue weighted by Crippen LogP contribution is -2.61. The first-order valence-corrected chi connectivity index (χ1v) is 13.5. The number of aromatic amines is 1. The van der Waals surface area contributed by atoms with E-state index in [1.165, 1.54) is 18.5 Å². The predicted molar refractivity (Wildman–Crippen MR) is 154 cm³/mol. The van der Waals surface area contributed by atoms with Crippen LogP contribution in [0.25, 0.3) is 50.2 Å². The van der Waals surface area contributed by atoms with Crippen LogP contribution in [-0.4, -0.2) is 66.9 Å². The maximum absolute atomic E-state index is 5.16. The average molecular weight is 513 g/mol. The summed E-state index contributed by atoms with van der Waals surface area (Å²) in [5.41, 5.74) is 9.12. The highest BCUT2D eigenvalue weighted by molar-refractivity contribution is 6.02. The minimum atomic E-state index is 0.598. The number of piperidine rings is 2. The van der Waals surface area contributed by atoms with E-state index in [0.717, 1.165) is 63.3 Å². The quantitative estimate of drug-likeness (QED) is 0.346. The minimum absolute atomic E-state index is 0.598. The number of anilines is 1. The maximum Gasteiger partial charge on any atom is 0.164 e. The van der Waals surface area contributed by atoms with Gasteiger partial charge in [-0.1, -0.05) is 24.3 Å². The van der Waals surface area contributed by atoms with Gasteiger partial charge in [0.15, 0.2) is 5.65 Å². The Hall–Kier alpha value is -4.56. The second-order valence-electron chi connectivity index (χ2n) is 10.7. The Labute approximate surface area is 225 Å². The number of H-pyrrole nitrogens is 1. The number of nitrogens with one attached hydrogen (secondary N) is 1. The predicted octanol–water partition coefficient (Wildman–Crippen LogP) is 5.28. The molecule has 6 aromatic rings. The van der Waals surface area contributed by atoms with E-state index in [9.17, 15) is 0 Å². The van der Waals surface area contributed by atoms with Gasteiger partial charge < -0.3 is 4.90 Å². The summed E-state index contributed by atoms with van der Waals surface area (Å²) in [5.74, 6) is 0. The lowest BCUT2D eigenvalue weighted by molar-refractivity contribution is 0.125. The number of piperazine rings is 1. The Bertz CT molecular complexity index is 1800. The van der Waals surface area contributed by atoms with E-state index in [4.69, 9.17) is 10.1 Å². The van der Waals surface area contributed by atoms with Crippen molar-refractivity contribution in [1.82, 2.24) is 34.7 Å². The second kappa shape index (κ2) is 8.74. The molecule has 7 heterocycles. The SMILES string of the molecule is CN1C[C@@H]2CC[C@@H]1CN2c1ccc(-c2ccnc3c(-c4cccc5[nH]ncc45)c(-c4ccncc4)nn23)cc1. The molecule has 0 unspecified atom stereocenters. The summed E-state index contributed by atoms with van der Waals surface area (Å²) in [7, 11) is 2.26. The fourth-order valence-corrected chi connectivity index (χ4v) is 6.49.